The van der Waals surface area contributed by atoms with Crippen molar-refractivity contribution in [2.75, 3.05) is 17.2 Å². The van der Waals surface area contributed by atoms with Crippen molar-refractivity contribution < 1.29 is 9.07 Å². The predicted octanol–water partition coefficient (Wildman–Crippen LogP) is 4.87. The zero-order valence-corrected chi connectivity index (χ0v) is 16.8. The van der Waals surface area contributed by atoms with Crippen molar-refractivity contribution in [1.29, 1.82) is 0 Å². The van der Waals surface area contributed by atoms with Crippen molar-refractivity contribution in [3.05, 3.63) is 72.7 Å². The van der Waals surface area contributed by atoms with Crippen LogP contribution in [-0.2, 0) is 0 Å². The molecule has 0 unspecified atom stereocenters. The molecule has 4 rings (SSSR count). The van der Waals surface area contributed by atoms with E-state index in [4.69, 9.17) is 0 Å². The molecular weight excluding hydrogens is 378 g/mol. The molecule has 0 radical (unpaired) electrons. The fraction of sp³-hybridized carbons (Fsp3) is 0.182. The second kappa shape index (κ2) is 8.60. The van der Waals surface area contributed by atoms with Crippen LogP contribution in [0.15, 0.2) is 67.1 Å². The van der Waals surface area contributed by atoms with Gasteiger partial charge in [0.1, 0.15) is 12.1 Å². The fourth-order valence-corrected chi connectivity index (χ4v) is 3.18. The van der Waals surface area contributed by atoms with Crippen molar-refractivity contribution in [2.24, 2.45) is 0 Å². The highest BCUT2D eigenvalue weighted by atomic mass is 16.2. The standard InChI is InChI=1S/C22H23N7O.3H2/c1-3-23-22(30)27-17-9-10-19-18(13-17)25-14-29(19)20-11-12-24-21(28-20)26-15(2)16-7-5-4-6-8-16;;;/h4-15H,3H2,1-2H3,(H2,23,27,30)(H,24,26,28);3*1H/t15-;;;/m0.../s1. The van der Waals surface area contributed by atoms with Crippen LogP contribution in [0.4, 0.5) is 16.4 Å². The number of aromatic nitrogens is 4. The summed E-state index contributed by atoms with van der Waals surface area (Å²) in [6.45, 7) is 4.51. The molecule has 0 bridgehead atoms. The summed E-state index contributed by atoms with van der Waals surface area (Å²) in [6.07, 6.45) is 3.44. The lowest BCUT2D eigenvalue weighted by atomic mass is 10.1. The Labute approximate surface area is 178 Å². The van der Waals surface area contributed by atoms with Crippen molar-refractivity contribution in [2.45, 2.75) is 19.9 Å². The van der Waals surface area contributed by atoms with Gasteiger partial charge in [0, 0.05) is 22.7 Å². The first-order chi connectivity index (χ1) is 14.6. The number of fused-ring (bicyclic) bond motifs is 1. The topological polar surface area (TPSA) is 96.8 Å². The van der Waals surface area contributed by atoms with Crippen molar-refractivity contribution in [3.63, 3.8) is 0 Å². The summed E-state index contributed by atoms with van der Waals surface area (Å²) in [5.41, 5.74) is 3.49. The SMILES string of the molecule is CCNC(=O)Nc1ccc2c(c1)ncn2-c1ccnc(N[C@@H](C)c2ccccc2)n1.[HH].[HH].[HH]. The van der Waals surface area contributed by atoms with Crippen LogP contribution < -0.4 is 16.0 Å². The van der Waals surface area contributed by atoms with Crippen LogP contribution in [0.2, 0.25) is 0 Å². The summed E-state index contributed by atoms with van der Waals surface area (Å²) in [6, 6.07) is 17.4. The second-order valence-corrected chi connectivity index (χ2v) is 6.82. The van der Waals surface area contributed by atoms with Gasteiger partial charge in [-0.15, -0.1) is 0 Å². The lowest BCUT2D eigenvalue weighted by Gasteiger charge is -2.14. The minimum absolute atomic E-state index is 0. The molecule has 1 atom stereocenters. The molecular formula is C22H29N7O. The molecule has 8 nitrogen and oxygen atoms in total. The largest absolute Gasteiger partial charge is 0.348 e. The third-order valence-corrected chi connectivity index (χ3v) is 4.68. The van der Waals surface area contributed by atoms with Crippen LogP contribution in [0.5, 0.6) is 0 Å². The second-order valence-electron chi connectivity index (χ2n) is 6.82. The number of urea groups is 1. The Hall–Kier alpha value is -3.94. The van der Waals surface area contributed by atoms with Gasteiger partial charge >= 0.3 is 6.03 Å². The number of imidazole rings is 1. The molecule has 30 heavy (non-hydrogen) atoms. The summed E-state index contributed by atoms with van der Waals surface area (Å²) in [5, 5.41) is 8.84. The van der Waals surface area contributed by atoms with Crippen LogP contribution in [0, 0.1) is 0 Å². The van der Waals surface area contributed by atoms with Crippen molar-refractivity contribution >= 4 is 28.7 Å². The van der Waals surface area contributed by atoms with E-state index in [9.17, 15) is 4.79 Å². The molecule has 2 aromatic heterocycles. The lowest BCUT2D eigenvalue weighted by molar-refractivity contribution is 0.252. The van der Waals surface area contributed by atoms with Gasteiger partial charge in [-0.05, 0) is 43.7 Å². The monoisotopic (exact) mass is 407 g/mol. The number of nitrogens with zero attached hydrogens (tertiary/aromatic N) is 4. The third kappa shape index (κ3) is 4.22. The Kier molecular flexibility index (Phi) is 5.56. The highest BCUT2D eigenvalue weighted by Crippen LogP contribution is 2.22. The van der Waals surface area contributed by atoms with Crippen molar-refractivity contribution in [3.8, 4) is 5.82 Å². The molecule has 2 aromatic carbocycles. The summed E-state index contributed by atoms with van der Waals surface area (Å²) < 4.78 is 1.89. The zero-order valence-electron chi connectivity index (χ0n) is 16.8. The number of hydrogen-bond acceptors (Lipinski definition) is 5. The van der Waals surface area contributed by atoms with E-state index in [0.717, 1.165) is 16.6 Å². The Balaban J connectivity index is 0.00000181. The van der Waals surface area contributed by atoms with E-state index in [-0.39, 0.29) is 16.4 Å². The van der Waals surface area contributed by atoms with Gasteiger partial charge in [0.2, 0.25) is 5.95 Å². The van der Waals surface area contributed by atoms with E-state index in [1.54, 1.807) is 12.5 Å². The normalized spacial score (nSPS) is 11.8. The van der Waals surface area contributed by atoms with E-state index in [1.165, 1.54) is 0 Å². The first-order valence-corrected chi connectivity index (χ1v) is 9.81. The Bertz CT molecular complexity index is 1170. The molecule has 0 aliphatic carbocycles. The Morgan fingerprint density at radius 1 is 1.13 bits per heavy atom. The maximum atomic E-state index is 11.7. The molecule has 3 N–H and O–H groups in total. The van der Waals surface area contributed by atoms with Gasteiger partial charge in [0.05, 0.1) is 17.1 Å². The number of carbonyl (C=O) groups excluding carboxylic acids is 1. The van der Waals surface area contributed by atoms with Crippen LogP contribution in [-0.4, -0.2) is 32.1 Å². The third-order valence-electron chi connectivity index (χ3n) is 4.68. The molecule has 0 aliphatic rings. The van der Waals surface area contributed by atoms with Crippen LogP contribution in [0.3, 0.4) is 0 Å². The van der Waals surface area contributed by atoms with Gasteiger partial charge in [-0.25, -0.2) is 14.8 Å². The summed E-state index contributed by atoms with van der Waals surface area (Å²) in [7, 11) is 0. The molecule has 0 saturated heterocycles. The van der Waals surface area contributed by atoms with Gasteiger partial charge < -0.3 is 16.0 Å². The molecule has 4 aromatic rings. The number of amides is 2. The number of anilines is 2. The van der Waals surface area contributed by atoms with Gasteiger partial charge in [-0.3, -0.25) is 4.57 Å². The highest BCUT2D eigenvalue weighted by molar-refractivity contribution is 5.92. The van der Waals surface area contributed by atoms with Crippen LogP contribution in [0.1, 0.15) is 29.7 Å². The number of hydrogen-bond donors (Lipinski definition) is 3. The molecule has 0 fully saturated rings. The maximum Gasteiger partial charge on any atom is 0.319 e. The van der Waals surface area contributed by atoms with Crippen LogP contribution >= 0.6 is 0 Å². The summed E-state index contributed by atoms with van der Waals surface area (Å²) >= 11 is 0. The fourth-order valence-electron chi connectivity index (χ4n) is 3.18. The number of nitrogens with one attached hydrogen (secondary N) is 3. The minimum atomic E-state index is -0.240. The van der Waals surface area contributed by atoms with E-state index in [2.05, 4.69) is 50.0 Å². The van der Waals surface area contributed by atoms with Gasteiger partial charge in [0.15, 0.2) is 0 Å². The average Bonchev–Trinajstić information content (AvgIpc) is 3.18. The highest BCUT2D eigenvalue weighted by Gasteiger charge is 2.11. The smallest absolute Gasteiger partial charge is 0.319 e. The summed E-state index contributed by atoms with van der Waals surface area (Å²) in [5.74, 6) is 1.25. The van der Waals surface area contributed by atoms with E-state index in [0.29, 0.717) is 24.0 Å². The molecule has 0 aliphatic heterocycles. The molecule has 158 valence electrons. The first-order valence-electron chi connectivity index (χ1n) is 9.81. The molecule has 2 amide bonds. The zero-order chi connectivity index (χ0) is 20.9. The van der Waals surface area contributed by atoms with Gasteiger partial charge in [0.25, 0.3) is 0 Å². The molecule has 8 heteroatoms. The lowest BCUT2D eigenvalue weighted by Crippen LogP contribution is -2.28. The minimum Gasteiger partial charge on any atom is -0.348 e. The molecule has 2 heterocycles. The van der Waals surface area contributed by atoms with E-state index in [1.807, 2.05) is 54.0 Å². The Morgan fingerprint density at radius 2 is 1.97 bits per heavy atom. The van der Waals surface area contributed by atoms with Gasteiger partial charge in [-0.1, -0.05) is 30.3 Å². The molecule has 0 saturated carbocycles. The number of rotatable bonds is 6. The van der Waals surface area contributed by atoms with Crippen molar-refractivity contribution in [1.82, 2.24) is 24.8 Å². The average molecular weight is 408 g/mol. The predicted molar refractivity (Wildman–Crippen MR) is 124 cm³/mol. The summed E-state index contributed by atoms with van der Waals surface area (Å²) in [4.78, 5) is 25.2. The number of carbonyl (C=O) groups is 1. The molecule has 0 spiro atoms. The van der Waals surface area contributed by atoms with Gasteiger partial charge in [-0.2, -0.15) is 4.98 Å². The van der Waals surface area contributed by atoms with E-state index < -0.39 is 0 Å². The first kappa shape index (κ1) is 19.4. The maximum absolute atomic E-state index is 11.7. The Morgan fingerprint density at radius 3 is 2.77 bits per heavy atom. The van der Waals surface area contributed by atoms with Crippen LogP contribution in [0.25, 0.3) is 16.9 Å². The van der Waals surface area contributed by atoms with E-state index >= 15 is 0 Å². The number of benzene rings is 2. The quantitative estimate of drug-likeness (QED) is 0.424.